The molecule has 0 bridgehead atoms. The van der Waals surface area contributed by atoms with Crippen LogP contribution < -0.4 is 21.6 Å². The minimum Gasteiger partial charge on any atom is -0.399 e. The Kier molecular flexibility index (Phi) is 7.45. The molecule has 2 N–H and O–H groups in total. The Bertz CT molecular complexity index is 1820. The summed E-state index contributed by atoms with van der Waals surface area (Å²) in [6.45, 7) is 16.4. The maximum Gasteiger partial charge on any atom is 0.494 e. The zero-order valence-corrected chi connectivity index (χ0v) is 27.7. The number of nitrogens with zero attached hydrogens (tertiary/aromatic N) is 6. The summed E-state index contributed by atoms with van der Waals surface area (Å²) >= 11 is 3.72. The molecule has 14 heteroatoms. The van der Waals surface area contributed by atoms with Crippen LogP contribution in [0.2, 0.25) is 0 Å². The molecule has 1 atom stereocenters. The third-order valence-corrected chi connectivity index (χ3v) is 9.49. The highest BCUT2D eigenvalue weighted by atomic mass is 79.9. The fourth-order valence-corrected chi connectivity index (χ4v) is 5.98. The van der Waals surface area contributed by atoms with Gasteiger partial charge in [-0.3, -0.25) is 14.5 Å². The van der Waals surface area contributed by atoms with Crippen molar-refractivity contribution in [3.8, 4) is 11.4 Å². The van der Waals surface area contributed by atoms with Crippen molar-refractivity contribution in [1.29, 1.82) is 0 Å². The Hall–Kier alpha value is -3.62. The zero-order chi connectivity index (χ0) is 31.6. The van der Waals surface area contributed by atoms with Crippen molar-refractivity contribution in [3.05, 3.63) is 64.8 Å². The minimum atomic E-state index is -0.700. The predicted molar refractivity (Wildman–Crippen MR) is 168 cm³/mol. The highest BCUT2D eigenvalue weighted by molar-refractivity contribution is 9.15. The Morgan fingerprint density at radius 3 is 2.43 bits per heavy atom. The smallest absolute Gasteiger partial charge is 0.399 e. The molecule has 0 spiro atoms. The van der Waals surface area contributed by atoms with E-state index in [-0.39, 0.29) is 18.0 Å². The largest absolute Gasteiger partial charge is 0.494 e. The van der Waals surface area contributed by atoms with E-state index in [9.17, 15) is 4.79 Å². The number of aromatic amines is 1. The minimum absolute atomic E-state index is 0.114. The van der Waals surface area contributed by atoms with Gasteiger partial charge in [0.25, 0.3) is 0 Å². The number of hydrogen-bond acceptors (Lipinski definition) is 9. The fourth-order valence-electron chi connectivity index (χ4n) is 5.03. The quantitative estimate of drug-likeness (QED) is 0.274. The van der Waals surface area contributed by atoms with Crippen molar-refractivity contribution in [2.24, 2.45) is 4.99 Å². The Morgan fingerprint density at radius 2 is 1.82 bits per heavy atom. The number of aromatic nitrogens is 6. The lowest BCUT2D eigenvalue weighted by molar-refractivity contribution is 0.00578. The number of amides is 1. The van der Waals surface area contributed by atoms with Crippen LogP contribution in [0.25, 0.3) is 15.9 Å². The van der Waals surface area contributed by atoms with Gasteiger partial charge in [-0.05, 0) is 52.6 Å². The zero-order valence-electron chi connectivity index (χ0n) is 26.1. The van der Waals surface area contributed by atoms with Crippen molar-refractivity contribution in [3.63, 3.8) is 0 Å². The van der Waals surface area contributed by atoms with Gasteiger partial charge in [-0.15, -0.1) is 0 Å². The van der Waals surface area contributed by atoms with Crippen LogP contribution in [0.5, 0.6) is 0 Å². The molecule has 1 amide bonds. The van der Waals surface area contributed by atoms with E-state index in [0.717, 1.165) is 26.4 Å². The van der Waals surface area contributed by atoms with Crippen LogP contribution in [-0.2, 0) is 21.3 Å². The van der Waals surface area contributed by atoms with E-state index in [4.69, 9.17) is 23.8 Å². The van der Waals surface area contributed by atoms with Gasteiger partial charge in [-0.2, -0.15) is 10.1 Å². The van der Waals surface area contributed by atoms with E-state index in [1.165, 1.54) is 0 Å². The predicted octanol–water partition coefficient (Wildman–Crippen LogP) is 2.95. The van der Waals surface area contributed by atoms with E-state index in [1.54, 1.807) is 6.20 Å². The lowest BCUT2D eigenvalue weighted by atomic mass is 9.79. The molecule has 0 saturated carbocycles. The first kappa shape index (κ1) is 30.4. The van der Waals surface area contributed by atoms with E-state index in [2.05, 4.69) is 55.3 Å². The molecule has 1 saturated heterocycles. The van der Waals surface area contributed by atoms with Gasteiger partial charge in [0, 0.05) is 23.3 Å². The first-order chi connectivity index (χ1) is 20.7. The van der Waals surface area contributed by atoms with Crippen LogP contribution in [0.15, 0.2) is 46.2 Å². The summed E-state index contributed by atoms with van der Waals surface area (Å²) < 4.78 is 20.3. The van der Waals surface area contributed by atoms with E-state index < -0.39 is 29.6 Å². The SMILES string of the molecule is CC(C)n1cc(-c2nc3c([nH]2)=C(Br)C(C(C)(C)c2noc(C(=O)NCc4ccc(B5OC(C)(C)C(C)(C)O5)cc4)n2)N=3)cn1. The number of hydrogen-bond donors (Lipinski definition) is 2. The average molecular weight is 663 g/mol. The summed E-state index contributed by atoms with van der Waals surface area (Å²) in [5, 5.41) is 12.2. The molecule has 44 heavy (non-hydrogen) atoms. The maximum atomic E-state index is 12.9. The average Bonchev–Trinajstić information content (AvgIpc) is 3.77. The van der Waals surface area contributed by atoms with Crippen molar-refractivity contribution in [1.82, 2.24) is 35.2 Å². The van der Waals surface area contributed by atoms with Crippen molar-refractivity contribution in [2.75, 3.05) is 0 Å². The van der Waals surface area contributed by atoms with Crippen molar-refractivity contribution >= 4 is 38.9 Å². The summed E-state index contributed by atoms with van der Waals surface area (Å²) in [4.78, 5) is 30.3. The van der Waals surface area contributed by atoms with Gasteiger partial charge in [-0.25, -0.2) is 4.98 Å². The number of halogens is 1. The van der Waals surface area contributed by atoms with Crippen LogP contribution in [-0.4, -0.2) is 60.2 Å². The summed E-state index contributed by atoms with van der Waals surface area (Å²) in [5.74, 6) is 0.486. The number of imidazole rings is 1. The number of carbonyl (C=O) groups excluding carboxylic acids is 1. The van der Waals surface area contributed by atoms with Gasteiger partial charge in [0.15, 0.2) is 11.3 Å². The molecular formula is C30H36BBrN8O4. The van der Waals surface area contributed by atoms with Crippen LogP contribution >= 0.6 is 15.9 Å². The summed E-state index contributed by atoms with van der Waals surface area (Å²) in [6, 6.07) is 7.65. The normalized spacial score (nSPS) is 19.0. The number of nitrogens with one attached hydrogen (secondary N) is 2. The molecule has 6 rings (SSSR count). The van der Waals surface area contributed by atoms with Crippen molar-refractivity contribution < 1.29 is 18.6 Å². The molecule has 1 aromatic carbocycles. The van der Waals surface area contributed by atoms with E-state index in [0.29, 0.717) is 23.7 Å². The number of fused-ring (bicyclic) bond motifs is 1. The Balaban J connectivity index is 1.10. The molecule has 0 radical (unpaired) electrons. The highest BCUT2D eigenvalue weighted by Crippen LogP contribution is 2.37. The number of rotatable bonds is 8. The molecule has 2 aliphatic heterocycles. The first-order valence-corrected chi connectivity index (χ1v) is 15.4. The second-order valence-corrected chi connectivity index (χ2v) is 14.0. The number of carbonyl (C=O) groups is 1. The molecular weight excluding hydrogens is 627 g/mol. The monoisotopic (exact) mass is 662 g/mol. The molecule has 1 unspecified atom stereocenters. The molecule has 5 heterocycles. The topological polar surface area (TPSA) is 145 Å². The number of H-pyrrole nitrogens is 1. The van der Waals surface area contributed by atoms with Crippen LogP contribution in [0, 0.1) is 0 Å². The summed E-state index contributed by atoms with van der Waals surface area (Å²) in [5.41, 5.74) is 1.78. The standard InChI is InChI=1S/C30H36BBrN8O4/c1-16(2)40-15-18(14-34-40)23-35-21-20(32)22(36-24(21)37-23)28(3,4)27-38-26(42-39-27)25(41)33-13-17-9-11-19(12-10-17)31-43-29(5,6)30(7,8)44-31/h9-12,14-16,22H,13H2,1-8H3,(H,33,41)(H,35,36,37). The second-order valence-electron chi connectivity index (χ2n) is 13.1. The molecule has 230 valence electrons. The van der Waals surface area contributed by atoms with Crippen LogP contribution in [0.3, 0.4) is 0 Å². The van der Waals surface area contributed by atoms with Gasteiger partial charge in [0.1, 0.15) is 5.82 Å². The van der Waals surface area contributed by atoms with Crippen molar-refractivity contribution in [2.45, 2.75) is 90.6 Å². The van der Waals surface area contributed by atoms with Gasteiger partial charge in [-0.1, -0.05) is 59.2 Å². The van der Waals surface area contributed by atoms with Crippen LogP contribution in [0.4, 0.5) is 0 Å². The van der Waals surface area contributed by atoms with E-state index >= 15 is 0 Å². The fraction of sp³-hybridized carbons (Fsp3) is 0.467. The third-order valence-electron chi connectivity index (χ3n) is 8.66. The maximum absolute atomic E-state index is 12.9. The second kappa shape index (κ2) is 10.8. The molecule has 3 aromatic heterocycles. The molecule has 0 aliphatic carbocycles. The Morgan fingerprint density at radius 1 is 1.14 bits per heavy atom. The van der Waals surface area contributed by atoms with Gasteiger partial charge >= 0.3 is 18.9 Å². The summed E-state index contributed by atoms with van der Waals surface area (Å²) in [7, 11) is -0.441. The Labute approximate surface area is 264 Å². The highest BCUT2D eigenvalue weighted by Gasteiger charge is 2.51. The molecule has 2 aliphatic rings. The van der Waals surface area contributed by atoms with Gasteiger partial charge in [0.2, 0.25) is 0 Å². The number of benzene rings is 1. The lowest BCUT2D eigenvalue weighted by Gasteiger charge is -2.32. The van der Waals surface area contributed by atoms with E-state index in [1.807, 2.05) is 76.7 Å². The third kappa shape index (κ3) is 5.32. The first-order valence-electron chi connectivity index (χ1n) is 14.6. The summed E-state index contributed by atoms with van der Waals surface area (Å²) in [6.07, 6.45) is 3.74. The molecule has 12 nitrogen and oxygen atoms in total. The van der Waals surface area contributed by atoms with Gasteiger partial charge < -0.3 is 24.1 Å². The van der Waals surface area contributed by atoms with Gasteiger partial charge in [0.05, 0.1) is 39.8 Å². The molecule has 1 fully saturated rings. The van der Waals surface area contributed by atoms with Crippen LogP contribution in [0.1, 0.15) is 83.5 Å². The molecule has 4 aromatic rings. The lowest BCUT2D eigenvalue weighted by Crippen LogP contribution is -2.41.